The number of aldehydes is 1. The number of carbonyl (C=O) groups is 4. The molecule has 4 aliphatic carbocycles. The Labute approximate surface area is 716 Å². The molecule has 0 bridgehead atoms. The highest BCUT2D eigenvalue weighted by atomic mass is 35.5. The molecule has 0 saturated heterocycles. The summed E-state index contributed by atoms with van der Waals surface area (Å²) in [4.78, 5) is 104. The fourth-order valence-corrected chi connectivity index (χ4v) is 15.1. The first-order valence-electron chi connectivity index (χ1n) is 40.4. The average molecular weight is 1660 g/mol. The number of pyridine rings is 3. The first kappa shape index (κ1) is 86.2. The van der Waals surface area contributed by atoms with Gasteiger partial charge in [-0.2, -0.15) is 0 Å². The quantitative estimate of drug-likeness (QED) is 0.0355. The van der Waals surface area contributed by atoms with Gasteiger partial charge < -0.3 is 37.9 Å². The molecule has 0 unspecified atom stereocenters. The molecule has 4 aliphatic rings. The predicted octanol–water partition coefficient (Wildman–Crippen LogP) is 14.9. The van der Waals surface area contributed by atoms with Crippen LogP contribution < -0.4 is 49.8 Å². The monoisotopic (exact) mass is 1650 g/mol. The highest BCUT2D eigenvalue weighted by Gasteiger charge is 2.29. The summed E-state index contributed by atoms with van der Waals surface area (Å²) in [5.41, 5.74) is 24.5. The number of hydrogen-bond acceptors (Lipinski definition) is 16. The summed E-state index contributed by atoms with van der Waals surface area (Å²) in [5.74, 6) is 16.7. The van der Waals surface area contributed by atoms with Gasteiger partial charge in [-0.3, -0.25) is 42.5 Å². The van der Waals surface area contributed by atoms with Gasteiger partial charge >= 0.3 is 0 Å². The number of fused-ring (bicyclic) bond motifs is 6. The van der Waals surface area contributed by atoms with E-state index in [0.29, 0.717) is 101 Å². The van der Waals surface area contributed by atoms with Crippen LogP contribution in [-0.4, -0.2) is 89.9 Å². The number of amides is 3. The zero-order valence-electron chi connectivity index (χ0n) is 67.4. The zero-order valence-corrected chi connectivity index (χ0v) is 68.1. The van der Waals surface area contributed by atoms with Crippen LogP contribution in [0.2, 0.25) is 5.02 Å². The molecule has 9 N–H and O–H groups in total. The van der Waals surface area contributed by atoms with Crippen molar-refractivity contribution in [3.05, 3.63) is 300 Å². The molecule has 3 atom stereocenters. The molecule has 123 heavy (non-hydrogen) atoms. The molecular weight excluding hydrogens is 1560 g/mol. The van der Waals surface area contributed by atoms with E-state index in [1.54, 1.807) is 88.1 Å². The predicted molar refractivity (Wildman–Crippen MR) is 484 cm³/mol. The topological polar surface area (TPSA) is 339 Å². The van der Waals surface area contributed by atoms with Crippen molar-refractivity contribution in [1.29, 1.82) is 0 Å². The summed E-state index contributed by atoms with van der Waals surface area (Å²) in [6.07, 6.45) is 30.2. The van der Waals surface area contributed by atoms with Gasteiger partial charge in [0.1, 0.15) is 23.0 Å². The lowest BCUT2D eigenvalue weighted by atomic mass is 9.86. The SMILES string of the molecule is C.C#CC1CCC1.C[C@H](NC(=O)c1c(N)nn2cccnc12)c1cc2cccc(C#CC3CCC3)c2c(=O)n1-c1ccccc1.C[C@H](NC(=O)c1c(N)nn2cccnc12)c1cc2cccc(C#CC3CCC3)c2c(=O)n1-c1ccccc1.C[C@H](NC(=O)c1c(N)nn2cccnc12)c1cc2cccc(Cl)c2c(=O)n1-c1ccccc1.O=CC1CCC1.[B]. The second-order valence-electron chi connectivity index (χ2n) is 30.3. The van der Waals surface area contributed by atoms with E-state index in [1.165, 1.54) is 52.1 Å². The van der Waals surface area contributed by atoms with Crippen LogP contribution in [0.4, 0.5) is 17.5 Å². The minimum absolute atomic E-state index is 0. The van der Waals surface area contributed by atoms with Crippen molar-refractivity contribution in [1.82, 2.24) is 73.4 Å². The summed E-state index contributed by atoms with van der Waals surface area (Å²) in [6.45, 7) is 5.48. The molecule has 19 rings (SSSR count). The maximum Gasteiger partial charge on any atom is 0.264 e. The number of carbonyl (C=O) groups excluding carboxylic acids is 4. The number of rotatable bonds is 13. The Kier molecular flexibility index (Phi) is 27.0. The summed E-state index contributed by atoms with van der Waals surface area (Å²) >= 11 is 6.37. The zero-order chi connectivity index (χ0) is 84.4. The number of hydrogen-bond donors (Lipinski definition) is 6. The van der Waals surface area contributed by atoms with Crippen LogP contribution in [0.25, 0.3) is 66.3 Å². The molecule has 27 heteroatoms. The molecular formula is C96H91BClN18O7. The van der Waals surface area contributed by atoms with E-state index in [9.17, 15) is 33.6 Å². The van der Waals surface area contributed by atoms with E-state index in [2.05, 4.69) is 75.8 Å². The Balaban J connectivity index is 0.000000147. The van der Waals surface area contributed by atoms with Crippen LogP contribution in [0.3, 0.4) is 0 Å². The number of nitrogens with zero attached hydrogens (tertiary/aromatic N) is 12. The summed E-state index contributed by atoms with van der Waals surface area (Å²) in [5, 5.41) is 25.6. The summed E-state index contributed by atoms with van der Waals surface area (Å²) in [6, 6.07) is 54.0. The molecule has 0 aliphatic heterocycles. The Morgan fingerprint density at radius 3 is 1.05 bits per heavy atom. The highest BCUT2D eigenvalue weighted by molar-refractivity contribution is 6.35. The van der Waals surface area contributed by atoms with Crippen molar-refractivity contribution in [3.8, 4) is 53.1 Å². The molecule has 6 aromatic carbocycles. The number of terminal acetylenes is 1. The number of nitrogen functional groups attached to an aromatic ring is 3. The maximum atomic E-state index is 14.1. The van der Waals surface area contributed by atoms with E-state index >= 15 is 0 Å². The number of para-hydroxylation sites is 3. The van der Waals surface area contributed by atoms with Gasteiger partial charge in [-0.05, 0) is 179 Å². The van der Waals surface area contributed by atoms with Gasteiger partial charge in [0.2, 0.25) is 0 Å². The highest BCUT2D eigenvalue weighted by Crippen LogP contribution is 2.33. The minimum atomic E-state index is -0.549. The van der Waals surface area contributed by atoms with Crippen LogP contribution in [0.15, 0.2) is 234 Å². The van der Waals surface area contributed by atoms with Crippen molar-refractivity contribution in [2.24, 2.45) is 23.7 Å². The molecule has 4 fully saturated rings. The van der Waals surface area contributed by atoms with Crippen molar-refractivity contribution in [2.45, 2.75) is 123 Å². The Morgan fingerprint density at radius 2 is 0.764 bits per heavy atom. The molecule has 4 saturated carbocycles. The van der Waals surface area contributed by atoms with Crippen molar-refractivity contribution in [3.63, 3.8) is 0 Å². The Bertz CT molecular complexity index is 6570. The third-order valence-corrected chi connectivity index (χ3v) is 22.6. The molecule has 9 heterocycles. The summed E-state index contributed by atoms with van der Waals surface area (Å²) in [7, 11) is 0. The minimum Gasteiger partial charge on any atom is -0.381 e. The van der Waals surface area contributed by atoms with Gasteiger partial charge in [0.15, 0.2) is 34.4 Å². The van der Waals surface area contributed by atoms with E-state index in [1.807, 2.05) is 166 Å². The van der Waals surface area contributed by atoms with E-state index in [-0.39, 0.29) is 66.7 Å². The van der Waals surface area contributed by atoms with Crippen LogP contribution in [0.1, 0.15) is 183 Å². The third kappa shape index (κ3) is 18.4. The number of benzene rings is 6. The average Bonchev–Trinajstić information content (AvgIpc) is 1.66. The maximum absolute atomic E-state index is 14.1. The first-order valence-corrected chi connectivity index (χ1v) is 40.7. The Morgan fingerprint density at radius 1 is 0.447 bits per heavy atom. The smallest absolute Gasteiger partial charge is 0.264 e. The largest absolute Gasteiger partial charge is 0.381 e. The van der Waals surface area contributed by atoms with E-state index < -0.39 is 35.8 Å². The van der Waals surface area contributed by atoms with Gasteiger partial charge in [-0.25, -0.2) is 28.5 Å². The van der Waals surface area contributed by atoms with Crippen LogP contribution in [-0.2, 0) is 4.79 Å². The normalized spacial score (nSPS) is 14.1. The lowest BCUT2D eigenvalue weighted by Crippen LogP contribution is -2.32. The second kappa shape index (κ2) is 38.6. The third-order valence-electron chi connectivity index (χ3n) is 22.3. The molecule has 3 radical (unpaired) electrons. The van der Waals surface area contributed by atoms with Crippen molar-refractivity contribution < 1.29 is 19.2 Å². The molecule has 0 spiro atoms. The summed E-state index contributed by atoms with van der Waals surface area (Å²) < 4.78 is 9.26. The molecule has 25 nitrogen and oxygen atoms in total. The molecule has 15 aromatic rings. The van der Waals surface area contributed by atoms with Gasteiger partial charge in [0.05, 0.1) is 39.3 Å². The molecule has 617 valence electrons. The second-order valence-corrected chi connectivity index (χ2v) is 30.7. The van der Waals surface area contributed by atoms with Crippen molar-refractivity contribution in [2.75, 3.05) is 17.2 Å². The number of aromatic nitrogens is 12. The fraction of sp³-hybridized carbons (Fsp3) is 0.240. The van der Waals surface area contributed by atoms with Crippen LogP contribution in [0.5, 0.6) is 0 Å². The van der Waals surface area contributed by atoms with Crippen LogP contribution >= 0.6 is 11.6 Å². The lowest BCUT2D eigenvalue weighted by molar-refractivity contribution is -0.113. The van der Waals surface area contributed by atoms with Gasteiger partial charge in [-0.15, -0.1) is 27.6 Å². The first-order chi connectivity index (χ1) is 58.8. The van der Waals surface area contributed by atoms with Crippen LogP contribution in [0, 0.1) is 59.7 Å². The Hall–Kier alpha value is -14.7. The van der Waals surface area contributed by atoms with E-state index in [4.69, 9.17) is 35.2 Å². The fourth-order valence-electron chi connectivity index (χ4n) is 14.8. The number of anilines is 3. The van der Waals surface area contributed by atoms with Crippen molar-refractivity contribution >= 4 is 111 Å². The van der Waals surface area contributed by atoms with Gasteiger partial charge in [0, 0.05) is 115 Å². The lowest BCUT2D eigenvalue weighted by Gasteiger charge is -2.21. The van der Waals surface area contributed by atoms with Gasteiger partial charge in [0.25, 0.3) is 34.4 Å². The standard InChI is InChI=1S/2C30H26N6O2.C24H19ClN6O2.C6H8.C5H8O.CH4.B/c2*1-19(33-29(37)26-27(31)34-35-17-7-16-32-28(26)35)24-18-22-11-6-10-21(15-14-20-8-5-9-20)25(22)30(38)36(24)23-12-3-2-4-13-23;1-14(28-23(32)20-21(26)29-30-12-6-11-27-22(20)30)18-13-15-7-5-10-17(25)19(15)24(33)31(18)16-8-3-2-4-9-16;1-2-6-4-3-5-6;6-4-5-2-1-3-5;;/h2*2-4,6-7,10-13,16-20H,5,8-9H2,1H3,(H2,31,34)(H,33,37);2-14H,1H3,(H2,26,29)(H,28,32);1,6H,3-5H2;4-5H,1-3H2;1H4;/t2*19-;14-;;;;/m000..../s1. The molecule has 9 aromatic heterocycles. The number of nitrogens with two attached hydrogens (primary N) is 3. The molecule has 3 amide bonds. The van der Waals surface area contributed by atoms with E-state index in [0.717, 1.165) is 66.7 Å². The number of nitrogens with one attached hydrogen (secondary N) is 3. The number of halogens is 1. The van der Waals surface area contributed by atoms with Gasteiger partial charge in [-0.1, -0.05) is 159 Å².